The molecule has 0 radical (unpaired) electrons. The summed E-state index contributed by atoms with van der Waals surface area (Å²) in [5.41, 5.74) is 2.10. The van der Waals surface area contributed by atoms with Crippen molar-refractivity contribution in [2.45, 2.75) is 4.90 Å². The predicted octanol–water partition coefficient (Wildman–Crippen LogP) is 5.20. The molecule has 0 amide bonds. The van der Waals surface area contributed by atoms with E-state index >= 15 is 4.39 Å². The minimum absolute atomic E-state index is 0.200. The van der Waals surface area contributed by atoms with Crippen LogP contribution >= 0.6 is 11.3 Å². The molecule has 1 unspecified atom stereocenters. The lowest BCUT2D eigenvalue weighted by Gasteiger charge is -2.27. The first-order valence-electron chi connectivity index (χ1n) is 15.2. The van der Waals surface area contributed by atoms with Crippen LogP contribution in [-0.2, 0) is 15.7 Å². The molecule has 5 aromatic rings. The number of nitrogens with one attached hydrogen (secondary N) is 3. The minimum atomic E-state index is -2.41. The van der Waals surface area contributed by atoms with Gasteiger partial charge in [-0.25, -0.2) is 37.3 Å². The Hall–Kier alpha value is -4.64. The van der Waals surface area contributed by atoms with Crippen LogP contribution in [0.15, 0.2) is 71.9 Å². The summed E-state index contributed by atoms with van der Waals surface area (Å²) in [5, 5.41) is 7.31. The van der Waals surface area contributed by atoms with Crippen LogP contribution in [0.3, 0.4) is 0 Å². The van der Waals surface area contributed by atoms with Crippen molar-refractivity contribution in [3.63, 3.8) is 0 Å². The van der Waals surface area contributed by atoms with Crippen molar-refractivity contribution in [3.8, 4) is 21.8 Å². The molecule has 0 aliphatic carbocycles. The van der Waals surface area contributed by atoms with Gasteiger partial charge < -0.3 is 25.2 Å². The Balaban J connectivity index is 1.20. The average molecular weight is 694 g/mol. The topological polar surface area (TPSA) is 120 Å². The summed E-state index contributed by atoms with van der Waals surface area (Å²) >= 11 is 1.44. The Morgan fingerprint density at radius 1 is 0.875 bits per heavy atom. The monoisotopic (exact) mass is 693 g/mol. The van der Waals surface area contributed by atoms with E-state index in [0.717, 1.165) is 62.4 Å². The van der Waals surface area contributed by atoms with Crippen LogP contribution in [-0.4, -0.2) is 76.6 Å². The van der Waals surface area contributed by atoms with E-state index in [4.69, 9.17) is 14.7 Å². The lowest BCUT2D eigenvalue weighted by Crippen LogP contribution is -2.43. The fraction of sp³-hybridized carbons (Fsp3) is 0.250. The Labute approximate surface area is 280 Å². The molecule has 0 bridgehead atoms. The van der Waals surface area contributed by atoms with Crippen molar-refractivity contribution < 1.29 is 22.1 Å². The summed E-state index contributed by atoms with van der Waals surface area (Å²) in [4.78, 5) is 23.1. The zero-order valence-corrected chi connectivity index (χ0v) is 27.1. The molecule has 3 aromatic heterocycles. The molecular formula is C32H30F3N9O2S2. The molecule has 11 nitrogen and oxygen atoms in total. The van der Waals surface area contributed by atoms with E-state index in [-0.39, 0.29) is 5.69 Å². The number of nitrogens with zero attached hydrogens (tertiary/aromatic N) is 6. The largest absolute Gasteiger partial charge is 0.378 e. The maximum absolute atomic E-state index is 15.0. The quantitative estimate of drug-likeness (QED) is 0.190. The van der Waals surface area contributed by atoms with Crippen LogP contribution in [0.25, 0.3) is 21.8 Å². The standard InChI is InChI=1S/C32H30F3N9O2S2/c33-22-6-4-20(18-26(22)42-48(45)30-23(34)2-1-3-24(30)35)28-29(47-32(41-28)44-12-10-36-11-13-44)25-8-9-37-31(40-25)39-21-5-7-27(38-19-21)43-14-16-46-17-15-43/h1-9,18-19,36,42H,10-17H2,(H,37,39,40). The van der Waals surface area contributed by atoms with Crippen LogP contribution in [0.1, 0.15) is 0 Å². The first kappa shape index (κ1) is 31.9. The molecule has 2 saturated heterocycles. The number of aromatic nitrogens is 4. The fourth-order valence-electron chi connectivity index (χ4n) is 5.34. The van der Waals surface area contributed by atoms with E-state index in [1.54, 1.807) is 24.5 Å². The molecule has 16 heteroatoms. The number of halogens is 3. The molecule has 5 heterocycles. The van der Waals surface area contributed by atoms with Crippen molar-refractivity contribution in [2.75, 3.05) is 72.3 Å². The third-order valence-electron chi connectivity index (χ3n) is 7.78. The first-order chi connectivity index (χ1) is 23.4. The minimum Gasteiger partial charge on any atom is -0.378 e. The summed E-state index contributed by atoms with van der Waals surface area (Å²) < 4.78 is 64.5. The van der Waals surface area contributed by atoms with E-state index in [9.17, 15) is 13.0 Å². The number of pyridine rings is 1. The highest BCUT2D eigenvalue weighted by Crippen LogP contribution is 2.41. The highest BCUT2D eigenvalue weighted by molar-refractivity contribution is 7.86. The maximum atomic E-state index is 15.0. The van der Waals surface area contributed by atoms with Gasteiger partial charge >= 0.3 is 0 Å². The van der Waals surface area contributed by atoms with Crippen molar-refractivity contribution in [2.24, 2.45) is 0 Å². The van der Waals surface area contributed by atoms with Gasteiger partial charge in [0.05, 0.1) is 47.1 Å². The molecule has 1 atom stereocenters. The van der Waals surface area contributed by atoms with Crippen LogP contribution in [0, 0.1) is 17.5 Å². The molecule has 3 N–H and O–H groups in total. The summed E-state index contributed by atoms with van der Waals surface area (Å²) in [6, 6.07) is 12.9. The normalized spacial score (nSPS) is 15.7. The molecule has 7 rings (SSSR count). The van der Waals surface area contributed by atoms with Gasteiger partial charge in [0, 0.05) is 51.0 Å². The molecule has 48 heavy (non-hydrogen) atoms. The molecule has 2 aromatic carbocycles. The van der Waals surface area contributed by atoms with Crippen LogP contribution in [0.4, 0.5) is 41.4 Å². The SMILES string of the molecule is O=S(Nc1cc(-c2nc(N3CCNCC3)sc2-c2ccnc(Nc3ccc(N4CCOCC4)nc3)n2)ccc1F)c1c(F)cccc1F. The third kappa shape index (κ3) is 6.96. The number of hydrogen-bond donors (Lipinski definition) is 3. The van der Waals surface area contributed by atoms with Crippen molar-refractivity contribution in [3.05, 3.63) is 84.4 Å². The molecule has 0 saturated carbocycles. The Kier molecular flexibility index (Phi) is 9.47. The smallest absolute Gasteiger partial charge is 0.227 e. The summed E-state index contributed by atoms with van der Waals surface area (Å²) in [7, 11) is -2.41. The van der Waals surface area contributed by atoms with Gasteiger partial charge in [-0.05, 0) is 48.5 Å². The molecule has 2 aliphatic rings. The van der Waals surface area contributed by atoms with Gasteiger partial charge in [0.2, 0.25) is 5.95 Å². The highest BCUT2D eigenvalue weighted by atomic mass is 32.2. The van der Waals surface area contributed by atoms with Gasteiger partial charge in [0.25, 0.3) is 0 Å². The van der Waals surface area contributed by atoms with E-state index < -0.39 is 33.3 Å². The van der Waals surface area contributed by atoms with Crippen LogP contribution < -0.4 is 25.2 Å². The Morgan fingerprint density at radius 3 is 2.42 bits per heavy atom. The second-order valence-electron chi connectivity index (χ2n) is 10.9. The number of thiazole rings is 1. The highest BCUT2D eigenvalue weighted by Gasteiger charge is 2.23. The predicted molar refractivity (Wildman–Crippen MR) is 181 cm³/mol. The molecule has 2 aliphatic heterocycles. The van der Waals surface area contributed by atoms with Crippen molar-refractivity contribution >= 4 is 50.6 Å². The van der Waals surface area contributed by atoms with Gasteiger partial charge in [0.15, 0.2) is 16.1 Å². The zero-order valence-electron chi connectivity index (χ0n) is 25.5. The fourth-order valence-corrected chi connectivity index (χ4v) is 7.40. The zero-order chi connectivity index (χ0) is 33.0. The number of morpholine rings is 1. The van der Waals surface area contributed by atoms with Gasteiger partial charge in [0.1, 0.15) is 28.2 Å². The number of rotatable bonds is 9. The van der Waals surface area contributed by atoms with Gasteiger partial charge in [-0.1, -0.05) is 17.4 Å². The number of anilines is 5. The van der Waals surface area contributed by atoms with E-state index in [0.29, 0.717) is 46.7 Å². The molecular weight excluding hydrogens is 664 g/mol. The summed E-state index contributed by atoms with van der Waals surface area (Å²) in [6.07, 6.45) is 3.36. The van der Waals surface area contributed by atoms with E-state index in [1.165, 1.54) is 29.5 Å². The maximum Gasteiger partial charge on any atom is 0.227 e. The van der Waals surface area contributed by atoms with Crippen LogP contribution in [0.5, 0.6) is 0 Å². The van der Waals surface area contributed by atoms with Gasteiger partial charge in [-0.2, -0.15) is 0 Å². The van der Waals surface area contributed by atoms with Gasteiger partial charge in [-0.3, -0.25) is 4.72 Å². The molecule has 0 spiro atoms. The Morgan fingerprint density at radius 2 is 1.67 bits per heavy atom. The Bertz CT molecular complexity index is 1910. The lowest BCUT2D eigenvalue weighted by molar-refractivity contribution is 0.122. The molecule has 248 valence electrons. The average Bonchev–Trinajstić information content (AvgIpc) is 3.56. The second-order valence-corrected chi connectivity index (χ2v) is 13.0. The van der Waals surface area contributed by atoms with Gasteiger partial charge in [-0.15, -0.1) is 0 Å². The first-order valence-corrected chi connectivity index (χ1v) is 17.2. The van der Waals surface area contributed by atoms with E-state index in [1.807, 2.05) is 12.1 Å². The summed E-state index contributed by atoms with van der Waals surface area (Å²) in [6.45, 7) is 6.00. The number of ether oxygens (including phenoxy) is 1. The van der Waals surface area contributed by atoms with E-state index in [2.05, 4.69) is 35.1 Å². The second kappa shape index (κ2) is 14.2. The number of benzene rings is 2. The van der Waals surface area contributed by atoms with Crippen LogP contribution in [0.2, 0.25) is 0 Å². The molecule has 2 fully saturated rings. The number of piperazine rings is 1. The van der Waals surface area contributed by atoms with Crippen molar-refractivity contribution in [1.29, 1.82) is 0 Å². The summed E-state index contributed by atoms with van der Waals surface area (Å²) in [5.74, 6) is -1.54. The third-order valence-corrected chi connectivity index (χ3v) is 10.1. The number of hydrogen-bond acceptors (Lipinski definition) is 11. The lowest BCUT2D eigenvalue weighted by atomic mass is 10.1. The van der Waals surface area contributed by atoms with Crippen molar-refractivity contribution in [1.82, 2.24) is 25.3 Å².